The first-order chi connectivity index (χ1) is 9.02. The van der Waals surface area contributed by atoms with Crippen molar-refractivity contribution >= 4 is 0 Å². The average molecular weight is 262 g/mol. The molecule has 0 aliphatic heterocycles. The number of hydrogen-bond acceptors (Lipinski definition) is 2. The molecule has 2 nitrogen and oxygen atoms in total. The summed E-state index contributed by atoms with van der Waals surface area (Å²) >= 11 is 0. The molecule has 0 aromatic heterocycles. The van der Waals surface area contributed by atoms with Crippen molar-refractivity contribution in [3.63, 3.8) is 0 Å². The number of aryl methyl sites for hydroxylation is 1. The molecule has 1 N–H and O–H groups in total. The third-order valence-corrected chi connectivity index (χ3v) is 4.86. The van der Waals surface area contributed by atoms with Crippen LogP contribution in [0.4, 0.5) is 0 Å². The summed E-state index contributed by atoms with van der Waals surface area (Å²) in [5.74, 6) is 2.75. The molecule has 1 aromatic rings. The Morgan fingerprint density at radius 3 is 2.58 bits per heavy atom. The number of methoxy groups -OCH3 is 1. The van der Waals surface area contributed by atoms with Crippen molar-refractivity contribution in [3.8, 4) is 5.75 Å². The molecule has 4 atom stereocenters. The van der Waals surface area contributed by atoms with Gasteiger partial charge in [-0.05, 0) is 54.7 Å². The van der Waals surface area contributed by atoms with E-state index < -0.39 is 0 Å². The third-order valence-electron chi connectivity index (χ3n) is 4.86. The van der Waals surface area contributed by atoms with Crippen LogP contribution in [-0.2, 0) is 0 Å². The van der Waals surface area contributed by atoms with Gasteiger partial charge in [0.05, 0.1) is 13.2 Å². The SMILES string of the molecule is COc1cc(C(O)C2CCC(C)C(C)C2)ccc1C. The van der Waals surface area contributed by atoms with Crippen LogP contribution in [-0.4, -0.2) is 12.2 Å². The van der Waals surface area contributed by atoms with Crippen LogP contribution in [0.5, 0.6) is 5.75 Å². The van der Waals surface area contributed by atoms with Gasteiger partial charge in [0.25, 0.3) is 0 Å². The summed E-state index contributed by atoms with van der Waals surface area (Å²) in [6.45, 7) is 6.65. The van der Waals surface area contributed by atoms with E-state index in [1.54, 1.807) is 7.11 Å². The zero-order valence-electron chi connectivity index (χ0n) is 12.5. The van der Waals surface area contributed by atoms with Gasteiger partial charge in [0, 0.05) is 0 Å². The highest BCUT2D eigenvalue weighted by Gasteiger charge is 2.30. The summed E-state index contributed by atoms with van der Waals surface area (Å²) in [5.41, 5.74) is 2.11. The number of aliphatic hydroxyl groups excluding tert-OH is 1. The highest BCUT2D eigenvalue weighted by molar-refractivity contribution is 5.37. The molecule has 0 saturated heterocycles. The van der Waals surface area contributed by atoms with E-state index >= 15 is 0 Å². The maximum Gasteiger partial charge on any atom is 0.122 e. The molecule has 4 unspecified atom stereocenters. The molecule has 0 radical (unpaired) electrons. The standard InChI is InChI=1S/C17H26O2/c1-11-5-7-14(9-13(11)3)17(18)15-8-6-12(2)16(10-15)19-4/h6,8,10-11,13-14,17-18H,5,7,9H2,1-4H3. The lowest BCUT2D eigenvalue weighted by Gasteiger charge is -2.35. The van der Waals surface area contributed by atoms with Crippen LogP contribution < -0.4 is 4.74 Å². The Kier molecular flexibility index (Phi) is 4.51. The van der Waals surface area contributed by atoms with Crippen molar-refractivity contribution in [1.29, 1.82) is 0 Å². The first kappa shape index (κ1) is 14.4. The van der Waals surface area contributed by atoms with Crippen molar-refractivity contribution in [2.75, 3.05) is 7.11 Å². The molecule has 1 fully saturated rings. The van der Waals surface area contributed by atoms with Crippen molar-refractivity contribution < 1.29 is 9.84 Å². The summed E-state index contributed by atoms with van der Waals surface area (Å²) < 4.78 is 5.35. The minimum Gasteiger partial charge on any atom is -0.496 e. The first-order valence-electron chi connectivity index (χ1n) is 7.35. The summed E-state index contributed by atoms with van der Waals surface area (Å²) in [4.78, 5) is 0. The average Bonchev–Trinajstić information content (AvgIpc) is 2.41. The Hall–Kier alpha value is -1.02. The molecule has 1 aliphatic carbocycles. The van der Waals surface area contributed by atoms with Gasteiger partial charge in [-0.1, -0.05) is 32.4 Å². The van der Waals surface area contributed by atoms with Crippen molar-refractivity contribution in [3.05, 3.63) is 29.3 Å². The fourth-order valence-electron chi connectivity index (χ4n) is 3.17. The van der Waals surface area contributed by atoms with Gasteiger partial charge in [-0.15, -0.1) is 0 Å². The predicted molar refractivity (Wildman–Crippen MR) is 78.4 cm³/mol. The maximum atomic E-state index is 10.6. The highest BCUT2D eigenvalue weighted by Crippen LogP contribution is 2.40. The Morgan fingerprint density at radius 2 is 1.95 bits per heavy atom. The number of aliphatic hydroxyl groups is 1. The van der Waals surface area contributed by atoms with E-state index in [0.29, 0.717) is 11.8 Å². The van der Waals surface area contributed by atoms with Gasteiger partial charge >= 0.3 is 0 Å². The second-order valence-corrected chi connectivity index (χ2v) is 6.20. The molecule has 1 aromatic carbocycles. The lowest BCUT2D eigenvalue weighted by atomic mass is 9.73. The van der Waals surface area contributed by atoms with E-state index in [1.165, 1.54) is 6.42 Å². The van der Waals surface area contributed by atoms with E-state index in [9.17, 15) is 5.11 Å². The van der Waals surface area contributed by atoms with Crippen LogP contribution >= 0.6 is 0 Å². The van der Waals surface area contributed by atoms with Gasteiger partial charge in [0.1, 0.15) is 5.75 Å². The van der Waals surface area contributed by atoms with Crippen LogP contribution in [0.3, 0.4) is 0 Å². The Labute approximate surface area is 116 Å². The summed E-state index contributed by atoms with van der Waals surface area (Å²) in [6.07, 6.45) is 3.12. The smallest absolute Gasteiger partial charge is 0.122 e. The highest BCUT2D eigenvalue weighted by atomic mass is 16.5. The van der Waals surface area contributed by atoms with Gasteiger partial charge in [-0.2, -0.15) is 0 Å². The Morgan fingerprint density at radius 1 is 1.21 bits per heavy atom. The number of rotatable bonds is 3. The lowest BCUT2D eigenvalue weighted by Crippen LogP contribution is -2.25. The van der Waals surface area contributed by atoms with Crippen LogP contribution in [0.1, 0.15) is 50.3 Å². The fraction of sp³-hybridized carbons (Fsp3) is 0.647. The Bertz CT molecular complexity index is 427. The summed E-state index contributed by atoms with van der Waals surface area (Å²) in [7, 11) is 1.68. The van der Waals surface area contributed by atoms with Crippen LogP contribution in [0.15, 0.2) is 18.2 Å². The van der Waals surface area contributed by atoms with E-state index in [1.807, 2.05) is 25.1 Å². The molecule has 0 heterocycles. The van der Waals surface area contributed by atoms with Crippen LogP contribution in [0.25, 0.3) is 0 Å². The largest absolute Gasteiger partial charge is 0.496 e. The number of ether oxygens (including phenoxy) is 1. The van der Waals surface area contributed by atoms with E-state index in [4.69, 9.17) is 4.74 Å². The molecule has 2 rings (SSSR count). The minimum absolute atomic E-state index is 0.357. The number of benzene rings is 1. The maximum absolute atomic E-state index is 10.6. The van der Waals surface area contributed by atoms with Gasteiger partial charge < -0.3 is 9.84 Å². The summed E-state index contributed by atoms with van der Waals surface area (Å²) in [6, 6.07) is 6.06. The van der Waals surface area contributed by atoms with E-state index in [2.05, 4.69) is 13.8 Å². The van der Waals surface area contributed by atoms with Gasteiger partial charge in [-0.3, -0.25) is 0 Å². The third kappa shape index (κ3) is 3.11. The lowest BCUT2D eigenvalue weighted by molar-refractivity contribution is 0.0559. The van der Waals surface area contributed by atoms with E-state index in [-0.39, 0.29) is 6.10 Å². The number of hydrogen-bond donors (Lipinski definition) is 1. The topological polar surface area (TPSA) is 29.5 Å². The first-order valence-corrected chi connectivity index (χ1v) is 7.35. The van der Waals surface area contributed by atoms with Gasteiger partial charge in [0.15, 0.2) is 0 Å². The monoisotopic (exact) mass is 262 g/mol. The molecule has 0 amide bonds. The normalized spacial score (nSPS) is 29.0. The molecule has 19 heavy (non-hydrogen) atoms. The predicted octanol–water partition coefficient (Wildman–Crippen LogP) is 4.11. The van der Waals surface area contributed by atoms with E-state index in [0.717, 1.165) is 35.6 Å². The quantitative estimate of drug-likeness (QED) is 0.888. The molecule has 0 spiro atoms. The molecule has 0 bridgehead atoms. The molecule has 1 aliphatic rings. The molecular formula is C17H26O2. The van der Waals surface area contributed by atoms with Crippen molar-refractivity contribution in [2.45, 2.75) is 46.1 Å². The molecule has 2 heteroatoms. The second kappa shape index (κ2) is 5.96. The minimum atomic E-state index is -0.357. The zero-order chi connectivity index (χ0) is 14.0. The molecular weight excluding hydrogens is 236 g/mol. The molecule has 106 valence electrons. The molecule has 1 saturated carbocycles. The zero-order valence-corrected chi connectivity index (χ0v) is 12.5. The Balaban J connectivity index is 2.13. The van der Waals surface area contributed by atoms with Gasteiger partial charge in [0.2, 0.25) is 0 Å². The van der Waals surface area contributed by atoms with Crippen molar-refractivity contribution in [2.24, 2.45) is 17.8 Å². The fourth-order valence-corrected chi connectivity index (χ4v) is 3.17. The summed E-state index contributed by atoms with van der Waals surface area (Å²) in [5, 5.41) is 10.6. The second-order valence-electron chi connectivity index (χ2n) is 6.20. The van der Waals surface area contributed by atoms with Crippen LogP contribution in [0.2, 0.25) is 0 Å². The van der Waals surface area contributed by atoms with Crippen molar-refractivity contribution in [1.82, 2.24) is 0 Å². The van der Waals surface area contributed by atoms with Gasteiger partial charge in [-0.25, -0.2) is 0 Å². The van der Waals surface area contributed by atoms with Crippen LogP contribution in [0, 0.1) is 24.7 Å².